The van der Waals surface area contributed by atoms with Crippen LogP contribution in [0.4, 0.5) is 0 Å². The molecule has 28 heavy (non-hydrogen) atoms. The molecule has 1 aliphatic heterocycles. The van der Waals surface area contributed by atoms with Crippen molar-refractivity contribution >= 4 is 22.8 Å². The third-order valence-electron chi connectivity index (χ3n) is 5.18. The fourth-order valence-electron chi connectivity index (χ4n) is 3.50. The molecule has 4 rings (SSSR count). The number of nitrogens with one attached hydrogen (secondary N) is 1. The molecule has 2 aromatic carbocycles. The van der Waals surface area contributed by atoms with Gasteiger partial charge in [0.2, 0.25) is 0 Å². The first kappa shape index (κ1) is 18.0. The summed E-state index contributed by atoms with van der Waals surface area (Å²) in [5, 5.41) is 0. The second kappa shape index (κ2) is 7.34. The highest BCUT2D eigenvalue weighted by Gasteiger charge is 2.26. The minimum absolute atomic E-state index is 0.0272. The van der Waals surface area contributed by atoms with E-state index in [1.165, 1.54) is 0 Å². The second-order valence-corrected chi connectivity index (χ2v) is 6.90. The molecule has 0 bridgehead atoms. The van der Waals surface area contributed by atoms with Gasteiger partial charge in [-0.05, 0) is 42.8 Å². The van der Waals surface area contributed by atoms with Gasteiger partial charge in [-0.3, -0.25) is 9.59 Å². The zero-order valence-electron chi connectivity index (χ0n) is 15.9. The van der Waals surface area contributed by atoms with Crippen LogP contribution >= 0.6 is 0 Å². The van der Waals surface area contributed by atoms with Gasteiger partial charge in [-0.1, -0.05) is 6.07 Å². The van der Waals surface area contributed by atoms with Crippen LogP contribution in [0.1, 0.15) is 26.3 Å². The summed E-state index contributed by atoms with van der Waals surface area (Å²) in [6, 6.07) is 10.9. The lowest BCUT2D eigenvalue weighted by Gasteiger charge is -2.35. The standard InChI is InChI=1S/C21H22N4O3/c1-14-3-4-16(12-19(14)28-2)21(27)25-9-7-24(8-10-25)20(26)15-5-6-17-18(11-15)23-13-22-17/h3-6,11-13H,7-10H2,1-2H3,(H,22,23). The summed E-state index contributed by atoms with van der Waals surface area (Å²) in [5.41, 5.74) is 3.89. The number of imidazole rings is 1. The summed E-state index contributed by atoms with van der Waals surface area (Å²) in [6.07, 6.45) is 1.61. The maximum Gasteiger partial charge on any atom is 0.254 e. The molecule has 1 saturated heterocycles. The van der Waals surface area contributed by atoms with Gasteiger partial charge in [0.15, 0.2) is 0 Å². The molecule has 7 heteroatoms. The Morgan fingerprint density at radius 2 is 1.57 bits per heavy atom. The predicted octanol–water partition coefficient (Wildman–Crippen LogP) is 2.48. The van der Waals surface area contributed by atoms with E-state index < -0.39 is 0 Å². The number of hydrogen-bond acceptors (Lipinski definition) is 4. The Balaban J connectivity index is 1.42. The fourth-order valence-corrected chi connectivity index (χ4v) is 3.50. The van der Waals surface area contributed by atoms with Gasteiger partial charge >= 0.3 is 0 Å². The minimum atomic E-state index is -0.0377. The fraction of sp³-hybridized carbons (Fsp3) is 0.286. The quantitative estimate of drug-likeness (QED) is 0.759. The molecule has 0 unspecified atom stereocenters. The van der Waals surface area contributed by atoms with Gasteiger partial charge < -0.3 is 19.5 Å². The van der Waals surface area contributed by atoms with E-state index in [0.717, 1.165) is 16.6 Å². The molecule has 0 aliphatic carbocycles. The number of ether oxygens (including phenoxy) is 1. The van der Waals surface area contributed by atoms with Gasteiger partial charge in [-0.2, -0.15) is 0 Å². The molecule has 0 atom stereocenters. The number of fused-ring (bicyclic) bond motifs is 1. The lowest BCUT2D eigenvalue weighted by atomic mass is 10.1. The van der Waals surface area contributed by atoms with Gasteiger partial charge in [0, 0.05) is 37.3 Å². The minimum Gasteiger partial charge on any atom is -0.496 e. The van der Waals surface area contributed by atoms with Crippen molar-refractivity contribution in [2.75, 3.05) is 33.3 Å². The third-order valence-corrected chi connectivity index (χ3v) is 5.18. The molecule has 0 saturated carbocycles. The Hall–Kier alpha value is -3.35. The lowest BCUT2D eigenvalue weighted by molar-refractivity contribution is 0.0535. The molecule has 1 N–H and O–H groups in total. The van der Waals surface area contributed by atoms with E-state index in [1.54, 1.807) is 35.4 Å². The first-order valence-electron chi connectivity index (χ1n) is 9.23. The number of amides is 2. The van der Waals surface area contributed by atoms with Gasteiger partial charge in [-0.25, -0.2) is 4.98 Å². The Labute approximate surface area is 162 Å². The summed E-state index contributed by atoms with van der Waals surface area (Å²) < 4.78 is 5.31. The maximum atomic E-state index is 12.8. The molecular formula is C21H22N4O3. The summed E-state index contributed by atoms with van der Waals surface area (Å²) in [4.78, 5) is 36.4. The molecule has 2 amide bonds. The average molecular weight is 378 g/mol. The van der Waals surface area contributed by atoms with E-state index in [0.29, 0.717) is 43.1 Å². The van der Waals surface area contributed by atoms with Gasteiger partial charge in [0.1, 0.15) is 5.75 Å². The van der Waals surface area contributed by atoms with Crippen LogP contribution in [0.25, 0.3) is 11.0 Å². The third kappa shape index (κ3) is 3.31. The number of hydrogen-bond donors (Lipinski definition) is 1. The first-order chi connectivity index (χ1) is 13.6. The molecule has 7 nitrogen and oxygen atoms in total. The van der Waals surface area contributed by atoms with Crippen molar-refractivity contribution in [3.8, 4) is 5.75 Å². The van der Waals surface area contributed by atoms with Crippen LogP contribution in [0, 0.1) is 6.92 Å². The van der Waals surface area contributed by atoms with Crippen LogP contribution in [0.3, 0.4) is 0 Å². The van der Waals surface area contributed by atoms with Gasteiger partial charge in [0.05, 0.1) is 24.5 Å². The van der Waals surface area contributed by atoms with Crippen molar-refractivity contribution in [3.63, 3.8) is 0 Å². The number of benzene rings is 2. The van der Waals surface area contributed by atoms with E-state index in [4.69, 9.17) is 4.74 Å². The molecule has 1 aromatic heterocycles. The topological polar surface area (TPSA) is 78.5 Å². The summed E-state index contributed by atoms with van der Waals surface area (Å²) in [6.45, 7) is 3.97. The van der Waals surface area contributed by atoms with Crippen molar-refractivity contribution in [1.29, 1.82) is 0 Å². The zero-order valence-corrected chi connectivity index (χ0v) is 15.9. The highest BCUT2D eigenvalue weighted by atomic mass is 16.5. The van der Waals surface area contributed by atoms with Crippen molar-refractivity contribution in [1.82, 2.24) is 19.8 Å². The lowest BCUT2D eigenvalue weighted by Crippen LogP contribution is -2.50. The summed E-state index contributed by atoms with van der Waals surface area (Å²) in [7, 11) is 1.60. The number of aromatic amines is 1. The number of aromatic nitrogens is 2. The van der Waals surface area contributed by atoms with Crippen LogP contribution in [0.15, 0.2) is 42.7 Å². The molecular weight excluding hydrogens is 356 g/mol. The molecule has 3 aromatic rings. The Morgan fingerprint density at radius 3 is 2.21 bits per heavy atom. The largest absolute Gasteiger partial charge is 0.496 e. The van der Waals surface area contributed by atoms with Gasteiger partial charge in [0.25, 0.3) is 11.8 Å². The number of carbonyl (C=O) groups is 2. The smallest absolute Gasteiger partial charge is 0.254 e. The molecule has 0 spiro atoms. The van der Waals surface area contributed by atoms with Gasteiger partial charge in [-0.15, -0.1) is 0 Å². The van der Waals surface area contributed by atoms with Crippen LogP contribution in [0.2, 0.25) is 0 Å². The zero-order chi connectivity index (χ0) is 19.7. The molecule has 1 aliphatic rings. The monoisotopic (exact) mass is 378 g/mol. The molecule has 144 valence electrons. The van der Waals surface area contributed by atoms with Crippen molar-refractivity contribution in [2.45, 2.75) is 6.92 Å². The van der Waals surface area contributed by atoms with Crippen LogP contribution in [-0.4, -0.2) is 64.9 Å². The molecule has 2 heterocycles. The number of aryl methyl sites for hydroxylation is 1. The van der Waals surface area contributed by atoms with Crippen LogP contribution in [0.5, 0.6) is 5.75 Å². The average Bonchev–Trinajstić information content (AvgIpc) is 3.21. The second-order valence-electron chi connectivity index (χ2n) is 6.90. The van der Waals surface area contributed by atoms with E-state index in [1.807, 2.05) is 31.2 Å². The van der Waals surface area contributed by atoms with Crippen molar-refractivity contribution in [3.05, 3.63) is 59.4 Å². The summed E-state index contributed by atoms with van der Waals surface area (Å²) in [5.74, 6) is 0.638. The normalized spacial score (nSPS) is 14.4. The van der Waals surface area contributed by atoms with E-state index in [2.05, 4.69) is 9.97 Å². The van der Waals surface area contributed by atoms with E-state index >= 15 is 0 Å². The number of nitrogens with zero attached hydrogens (tertiary/aromatic N) is 3. The summed E-state index contributed by atoms with van der Waals surface area (Å²) >= 11 is 0. The Kier molecular flexibility index (Phi) is 4.73. The van der Waals surface area contributed by atoms with Crippen molar-refractivity contribution < 1.29 is 14.3 Å². The first-order valence-corrected chi connectivity index (χ1v) is 9.23. The SMILES string of the molecule is COc1cc(C(=O)N2CCN(C(=O)c3ccc4nc[nH]c4c3)CC2)ccc1C. The predicted molar refractivity (Wildman–Crippen MR) is 106 cm³/mol. The highest BCUT2D eigenvalue weighted by Crippen LogP contribution is 2.21. The Morgan fingerprint density at radius 1 is 0.964 bits per heavy atom. The molecule has 0 radical (unpaired) electrons. The number of methoxy groups -OCH3 is 1. The highest BCUT2D eigenvalue weighted by molar-refractivity contribution is 5.98. The maximum absolute atomic E-state index is 12.8. The van der Waals surface area contributed by atoms with E-state index in [9.17, 15) is 9.59 Å². The Bertz CT molecular complexity index is 1040. The number of carbonyl (C=O) groups excluding carboxylic acids is 2. The van der Waals surface area contributed by atoms with Crippen LogP contribution in [-0.2, 0) is 0 Å². The number of piperazine rings is 1. The van der Waals surface area contributed by atoms with E-state index in [-0.39, 0.29) is 11.8 Å². The van der Waals surface area contributed by atoms with Crippen LogP contribution < -0.4 is 4.74 Å². The number of H-pyrrole nitrogens is 1. The number of rotatable bonds is 3. The van der Waals surface area contributed by atoms with Crippen molar-refractivity contribution in [2.24, 2.45) is 0 Å². The molecule has 1 fully saturated rings.